The monoisotopic (exact) mass is 237 g/mol. The van der Waals surface area contributed by atoms with E-state index >= 15 is 0 Å². The lowest BCUT2D eigenvalue weighted by Gasteiger charge is -2.17. The van der Waals surface area contributed by atoms with Crippen LogP contribution in [-0.4, -0.2) is 48.6 Å². The molecule has 0 saturated carbocycles. The van der Waals surface area contributed by atoms with Gasteiger partial charge in [-0.25, -0.2) is 4.79 Å². The Labute approximate surface area is 99.2 Å². The standard InChI is InChI=1S/C12H15NO4/c1-17-11-7-13(6-10(11)14)9-4-2-8(3-5-9)12(15)16/h2-5,10-11,14H,6-7H2,1H3,(H,15,16)/t10-,11+/m1/s1. The van der Waals surface area contributed by atoms with E-state index in [0.717, 1.165) is 5.69 Å². The highest BCUT2D eigenvalue weighted by Crippen LogP contribution is 2.22. The molecule has 2 rings (SSSR count). The molecule has 1 heterocycles. The van der Waals surface area contributed by atoms with Gasteiger partial charge in [-0.05, 0) is 24.3 Å². The van der Waals surface area contributed by atoms with Crippen molar-refractivity contribution in [2.75, 3.05) is 25.1 Å². The molecule has 0 spiro atoms. The molecule has 0 bridgehead atoms. The first-order chi connectivity index (χ1) is 8.11. The van der Waals surface area contributed by atoms with Crippen LogP contribution in [0.5, 0.6) is 0 Å². The second-order valence-corrected chi connectivity index (χ2v) is 4.10. The summed E-state index contributed by atoms with van der Waals surface area (Å²) in [5.41, 5.74) is 1.16. The molecular weight excluding hydrogens is 222 g/mol. The molecule has 17 heavy (non-hydrogen) atoms. The van der Waals surface area contributed by atoms with Gasteiger partial charge in [-0.3, -0.25) is 0 Å². The molecule has 0 aromatic heterocycles. The van der Waals surface area contributed by atoms with Gasteiger partial charge in [-0.2, -0.15) is 0 Å². The van der Waals surface area contributed by atoms with Gasteiger partial charge in [-0.15, -0.1) is 0 Å². The molecule has 2 N–H and O–H groups in total. The molecular formula is C12H15NO4. The number of aromatic carboxylic acids is 1. The summed E-state index contributed by atoms with van der Waals surface area (Å²) in [5.74, 6) is -0.937. The number of aliphatic hydroxyl groups excluding tert-OH is 1. The normalized spacial score (nSPS) is 24.0. The van der Waals surface area contributed by atoms with Crippen LogP contribution in [0.4, 0.5) is 5.69 Å². The van der Waals surface area contributed by atoms with Crippen LogP contribution in [0.25, 0.3) is 0 Å². The Morgan fingerprint density at radius 2 is 2.00 bits per heavy atom. The van der Waals surface area contributed by atoms with Crippen LogP contribution < -0.4 is 4.90 Å². The molecule has 1 aromatic carbocycles. The van der Waals surface area contributed by atoms with Gasteiger partial charge >= 0.3 is 5.97 Å². The highest BCUT2D eigenvalue weighted by molar-refractivity contribution is 5.88. The lowest BCUT2D eigenvalue weighted by molar-refractivity contribution is 0.0217. The van der Waals surface area contributed by atoms with E-state index in [1.807, 2.05) is 4.90 Å². The molecule has 0 aliphatic carbocycles. The molecule has 0 unspecified atom stereocenters. The third-order valence-corrected chi connectivity index (χ3v) is 3.02. The summed E-state index contributed by atoms with van der Waals surface area (Å²) < 4.78 is 5.15. The van der Waals surface area contributed by atoms with Crippen molar-refractivity contribution in [2.45, 2.75) is 12.2 Å². The average Bonchev–Trinajstić information content (AvgIpc) is 2.70. The van der Waals surface area contributed by atoms with Crippen molar-refractivity contribution in [1.82, 2.24) is 0 Å². The van der Waals surface area contributed by atoms with E-state index in [-0.39, 0.29) is 11.7 Å². The molecule has 1 aromatic rings. The van der Waals surface area contributed by atoms with E-state index < -0.39 is 12.1 Å². The number of methoxy groups -OCH3 is 1. The molecule has 5 heteroatoms. The van der Waals surface area contributed by atoms with Crippen molar-refractivity contribution < 1.29 is 19.7 Å². The number of benzene rings is 1. The summed E-state index contributed by atoms with van der Waals surface area (Å²) in [6.07, 6.45) is -0.687. The maximum atomic E-state index is 10.7. The number of anilines is 1. The van der Waals surface area contributed by atoms with Crippen molar-refractivity contribution in [2.24, 2.45) is 0 Å². The average molecular weight is 237 g/mol. The predicted octanol–water partition coefficient (Wildman–Crippen LogP) is 0.581. The molecule has 1 saturated heterocycles. The van der Waals surface area contributed by atoms with Gasteiger partial charge in [0, 0.05) is 25.9 Å². The zero-order chi connectivity index (χ0) is 12.4. The van der Waals surface area contributed by atoms with E-state index in [1.54, 1.807) is 31.4 Å². The van der Waals surface area contributed by atoms with Gasteiger partial charge in [0.25, 0.3) is 0 Å². The van der Waals surface area contributed by atoms with Crippen molar-refractivity contribution in [1.29, 1.82) is 0 Å². The van der Waals surface area contributed by atoms with Crippen LogP contribution in [0.15, 0.2) is 24.3 Å². The van der Waals surface area contributed by atoms with E-state index in [0.29, 0.717) is 13.1 Å². The van der Waals surface area contributed by atoms with Crippen molar-refractivity contribution in [3.05, 3.63) is 29.8 Å². The second-order valence-electron chi connectivity index (χ2n) is 4.10. The number of ether oxygens (including phenoxy) is 1. The van der Waals surface area contributed by atoms with Crippen LogP contribution in [0.1, 0.15) is 10.4 Å². The zero-order valence-corrected chi connectivity index (χ0v) is 9.54. The van der Waals surface area contributed by atoms with Crippen molar-refractivity contribution in [3.63, 3.8) is 0 Å². The molecule has 2 atom stereocenters. The number of carboxylic acids is 1. The lowest BCUT2D eigenvalue weighted by Crippen LogP contribution is -2.25. The Kier molecular flexibility index (Phi) is 3.31. The fourth-order valence-electron chi connectivity index (χ4n) is 2.01. The van der Waals surface area contributed by atoms with Gasteiger partial charge in [0.05, 0.1) is 11.7 Å². The SMILES string of the molecule is CO[C@H]1CN(c2ccc(C(=O)O)cc2)C[C@H]1O. The van der Waals surface area contributed by atoms with E-state index in [2.05, 4.69) is 0 Å². The molecule has 1 aliphatic rings. The molecule has 92 valence electrons. The molecule has 5 nitrogen and oxygen atoms in total. The van der Waals surface area contributed by atoms with Crippen molar-refractivity contribution in [3.8, 4) is 0 Å². The number of β-amino-alcohol motifs (C(OH)–C–C–N with tert-alkyl or cyclic N) is 1. The van der Waals surface area contributed by atoms with Gasteiger partial charge in [0.15, 0.2) is 0 Å². The maximum Gasteiger partial charge on any atom is 0.335 e. The van der Waals surface area contributed by atoms with Gasteiger partial charge in [0.1, 0.15) is 6.10 Å². The molecule has 0 amide bonds. The van der Waals surface area contributed by atoms with Crippen LogP contribution in [0.2, 0.25) is 0 Å². The predicted molar refractivity (Wildman–Crippen MR) is 62.4 cm³/mol. The number of carboxylic acid groups (broad SMARTS) is 1. The Balaban J connectivity index is 2.11. The third-order valence-electron chi connectivity index (χ3n) is 3.02. The van der Waals surface area contributed by atoms with E-state index in [9.17, 15) is 9.90 Å². The fourth-order valence-corrected chi connectivity index (χ4v) is 2.01. The number of carbonyl (C=O) groups is 1. The largest absolute Gasteiger partial charge is 0.478 e. The Hall–Kier alpha value is -1.59. The fraction of sp³-hybridized carbons (Fsp3) is 0.417. The number of aliphatic hydroxyl groups is 1. The molecule has 1 aliphatic heterocycles. The number of hydrogen-bond donors (Lipinski definition) is 2. The Morgan fingerprint density at radius 3 is 2.47 bits per heavy atom. The lowest BCUT2D eigenvalue weighted by atomic mass is 10.2. The third kappa shape index (κ3) is 2.40. The first-order valence-electron chi connectivity index (χ1n) is 5.41. The minimum Gasteiger partial charge on any atom is -0.478 e. The van der Waals surface area contributed by atoms with E-state index in [1.165, 1.54) is 0 Å². The topological polar surface area (TPSA) is 70.0 Å². The maximum absolute atomic E-state index is 10.7. The van der Waals surface area contributed by atoms with E-state index in [4.69, 9.17) is 9.84 Å². The summed E-state index contributed by atoms with van der Waals surface area (Å²) >= 11 is 0. The van der Waals surface area contributed by atoms with Crippen molar-refractivity contribution >= 4 is 11.7 Å². The van der Waals surface area contributed by atoms with Gasteiger partial charge in [-0.1, -0.05) is 0 Å². The first-order valence-corrected chi connectivity index (χ1v) is 5.41. The summed E-state index contributed by atoms with van der Waals surface area (Å²) in [6.45, 7) is 1.12. The van der Waals surface area contributed by atoms with Crippen LogP contribution >= 0.6 is 0 Å². The summed E-state index contributed by atoms with van der Waals surface area (Å²) in [5, 5.41) is 18.5. The summed E-state index contributed by atoms with van der Waals surface area (Å²) in [4.78, 5) is 12.7. The Morgan fingerprint density at radius 1 is 1.35 bits per heavy atom. The Bertz CT molecular complexity index is 403. The quantitative estimate of drug-likeness (QED) is 0.804. The van der Waals surface area contributed by atoms with Gasteiger partial charge in [0.2, 0.25) is 0 Å². The summed E-state index contributed by atoms with van der Waals surface area (Å²) in [7, 11) is 1.57. The second kappa shape index (κ2) is 4.73. The molecule has 1 fully saturated rings. The molecule has 0 radical (unpaired) electrons. The highest BCUT2D eigenvalue weighted by Gasteiger charge is 2.31. The van der Waals surface area contributed by atoms with Gasteiger partial charge < -0.3 is 19.8 Å². The zero-order valence-electron chi connectivity index (χ0n) is 9.54. The highest BCUT2D eigenvalue weighted by atomic mass is 16.5. The first kappa shape index (κ1) is 11.9. The smallest absolute Gasteiger partial charge is 0.335 e. The van der Waals surface area contributed by atoms with Crippen LogP contribution in [0.3, 0.4) is 0 Å². The van der Waals surface area contributed by atoms with Crippen LogP contribution in [0, 0.1) is 0 Å². The minimum absolute atomic E-state index is 0.186. The number of rotatable bonds is 3. The number of nitrogens with zero attached hydrogens (tertiary/aromatic N) is 1. The number of hydrogen-bond acceptors (Lipinski definition) is 4. The summed E-state index contributed by atoms with van der Waals surface area (Å²) in [6, 6.07) is 6.61. The minimum atomic E-state index is -0.937. The van der Waals surface area contributed by atoms with Crippen LogP contribution in [-0.2, 0) is 4.74 Å².